The summed E-state index contributed by atoms with van der Waals surface area (Å²) in [7, 11) is 1.76. The van der Waals surface area contributed by atoms with Gasteiger partial charge in [-0.1, -0.05) is 32.6 Å². The van der Waals surface area contributed by atoms with E-state index >= 15 is 0 Å². The van der Waals surface area contributed by atoms with Crippen molar-refractivity contribution < 1.29 is 9.59 Å². The van der Waals surface area contributed by atoms with Gasteiger partial charge in [-0.25, -0.2) is 4.79 Å². The molecular weight excluding hydrogens is 330 g/mol. The lowest BCUT2D eigenvalue weighted by Gasteiger charge is -2.19. The van der Waals surface area contributed by atoms with Gasteiger partial charge in [-0.15, -0.1) is 0 Å². The average Bonchev–Trinajstić information content (AvgIpc) is 3.22. The SMILES string of the molecule is CCC1(C)NC(=O)N(CCCNC(=NC)NCCCC2CCCC2)C1=O. The Morgan fingerprint density at radius 2 is 1.88 bits per heavy atom. The molecule has 1 unspecified atom stereocenters. The fourth-order valence-electron chi connectivity index (χ4n) is 3.75. The molecule has 2 fully saturated rings. The molecule has 0 aromatic heterocycles. The molecule has 148 valence electrons. The highest BCUT2D eigenvalue weighted by Crippen LogP contribution is 2.28. The molecule has 1 aliphatic heterocycles. The second kappa shape index (κ2) is 9.78. The predicted octanol–water partition coefficient (Wildman–Crippen LogP) is 2.23. The molecule has 3 N–H and O–H groups in total. The summed E-state index contributed by atoms with van der Waals surface area (Å²) < 4.78 is 0. The minimum atomic E-state index is -0.749. The first-order chi connectivity index (χ1) is 12.5. The normalized spacial score (nSPS) is 24.3. The molecule has 2 rings (SSSR count). The smallest absolute Gasteiger partial charge is 0.325 e. The first-order valence-electron chi connectivity index (χ1n) is 10.1. The van der Waals surface area contributed by atoms with Crippen molar-refractivity contribution in [1.29, 1.82) is 0 Å². The van der Waals surface area contributed by atoms with E-state index in [1.165, 1.54) is 43.4 Å². The Bertz CT molecular complexity index is 516. The van der Waals surface area contributed by atoms with E-state index in [0.717, 1.165) is 18.4 Å². The Hall–Kier alpha value is -1.79. The molecule has 2 aliphatic rings. The number of amides is 3. The molecule has 0 radical (unpaired) electrons. The Kier molecular flexibility index (Phi) is 7.72. The van der Waals surface area contributed by atoms with Crippen molar-refractivity contribution in [2.75, 3.05) is 26.7 Å². The maximum atomic E-state index is 12.3. The highest BCUT2D eigenvalue weighted by atomic mass is 16.2. The zero-order valence-electron chi connectivity index (χ0n) is 16.6. The highest BCUT2D eigenvalue weighted by molar-refractivity contribution is 6.06. The van der Waals surface area contributed by atoms with Crippen molar-refractivity contribution in [1.82, 2.24) is 20.9 Å². The zero-order chi connectivity index (χ0) is 19.0. The van der Waals surface area contributed by atoms with Crippen molar-refractivity contribution >= 4 is 17.9 Å². The minimum absolute atomic E-state index is 0.126. The Balaban J connectivity index is 1.60. The molecule has 7 nitrogen and oxygen atoms in total. The number of guanidine groups is 1. The number of carbonyl (C=O) groups is 2. The number of urea groups is 1. The summed E-state index contributed by atoms with van der Waals surface area (Å²) in [6.07, 6.45) is 9.35. The number of imide groups is 1. The number of hydrogen-bond donors (Lipinski definition) is 3. The van der Waals surface area contributed by atoms with Crippen LogP contribution < -0.4 is 16.0 Å². The van der Waals surface area contributed by atoms with Crippen molar-refractivity contribution in [3.63, 3.8) is 0 Å². The highest BCUT2D eigenvalue weighted by Gasteiger charge is 2.45. The Morgan fingerprint density at radius 3 is 2.46 bits per heavy atom. The van der Waals surface area contributed by atoms with Gasteiger partial charge in [-0.3, -0.25) is 14.7 Å². The molecule has 1 saturated heterocycles. The third-order valence-electron chi connectivity index (χ3n) is 5.68. The second-order valence-corrected chi connectivity index (χ2v) is 7.64. The van der Waals surface area contributed by atoms with E-state index in [4.69, 9.17) is 0 Å². The maximum absolute atomic E-state index is 12.3. The van der Waals surface area contributed by atoms with E-state index in [9.17, 15) is 9.59 Å². The van der Waals surface area contributed by atoms with Crippen LogP contribution in [0.3, 0.4) is 0 Å². The topological polar surface area (TPSA) is 85.8 Å². The number of nitrogens with zero attached hydrogens (tertiary/aromatic N) is 2. The summed E-state index contributed by atoms with van der Waals surface area (Å²) >= 11 is 0. The zero-order valence-corrected chi connectivity index (χ0v) is 16.6. The second-order valence-electron chi connectivity index (χ2n) is 7.64. The molecule has 1 saturated carbocycles. The summed E-state index contributed by atoms with van der Waals surface area (Å²) in [5.41, 5.74) is -0.749. The molecule has 3 amide bonds. The van der Waals surface area contributed by atoms with Crippen molar-refractivity contribution in [3.8, 4) is 0 Å². The van der Waals surface area contributed by atoms with Crippen LogP contribution in [0.15, 0.2) is 4.99 Å². The van der Waals surface area contributed by atoms with Crippen LogP contribution in [-0.4, -0.2) is 55.0 Å². The maximum Gasteiger partial charge on any atom is 0.325 e. The number of carbonyl (C=O) groups excluding carboxylic acids is 2. The molecule has 0 aromatic carbocycles. The molecule has 0 bridgehead atoms. The molecule has 1 heterocycles. The van der Waals surface area contributed by atoms with E-state index in [0.29, 0.717) is 25.9 Å². The lowest BCUT2D eigenvalue weighted by Crippen LogP contribution is -2.43. The average molecular weight is 366 g/mol. The summed E-state index contributed by atoms with van der Waals surface area (Å²) in [4.78, 5) is 29.8. The number of aliphatic imine (C=N–C) groups is 1. The van der Waals surface area contributed by atoms with Crippen molar-refractivity contribution in [2.24, 2.45) is 10.9 Å². The van der Waals surface area contributed by atoms with Crippen LogP contribution in [0.25, 0.3) is 0 Å². The van der Waals surface area contributed by atoms with E-state index in [1.807, 2.05) is 6.92 Å². The molecule has 1 atom stereocenters. The van der Waals surface area contributed by atoms with Crippen LogP contribution in [0.4, 0.5) is 4.79 Å². The van der Waals surface area contributed by atoms with Crippen molar-refractivity contribution in [3.05, 3.63) is 0 Å². The standard InChI is InChI=1S/C19H35N5O2/c1-4-19(2)16(25)24(18(26)23-19)14-8-13-22-17(20-3)21-12-7-11-15-9-5-6-10-15/h15H,4-14H2,1-3H3,(H,23,26)(H2,20,21,22). The van der Waals surface area contributed by atoms with Crippen LogP contribution in [0.5, 0.6) is 0 Å². The predicted molar refractivity (Wildman–Crippen MR) is 104 cm³/mol. The van der Waals surface area contributed by atoms with E-state index in [2.05, 4.69) is 20.9 Å². The van der Waals surface area contributed by atoms with Gasteiger partial charge in [0, 0.05) is 26.7 Å². The number of rotatable bonds is 9. The minimum Gasteiger partial charge on any atom is -0.356 e. The van der Waals surface area contributed by atoms with Gasteiger partial charge in [-0.2, -0.15) is 0 Å². The molecule has 0 spiro atoms. The summed E-state index contributed by atoms with van der Waals surface area (Å²) in [6.45, 7) is 5.71. The van der Waals surface area contributed by atoms with Crippen LogP contribution in [0.1, 0.15) is 65.2 Å². The van der Waals surface area contributed by atoms with Gasteiger partial charge in [-0.05, 0) is 38.5 Å². The van der Waals surface area contributed by atoms with Gasteiger partial charge < -0.3 is 16.0 Å². The first kappa shape index (κ1) is 20.5. The van der Waals surface area contributed by atoms with Gasteiger partial charge in [0.05, 0.1) is 0 Å². The summed E-state index contributed by atoms with van der Waals surface area (Å²) in [6, 6.07) is -0.284. The number of hydrogen-bond acceptors (Lipinski definition) is 3. The Labute approximate surface area is 157 Å². The molecule has 1 aliphatic carbocycles. The van der Waals surface area contributed by atoms with E-state index < -0.39 is 5.54 Å². The van der Waals surface area contributed by atoms with Crippen LogP contribution in [0.2, 0.25) is 0 Å². The third-order valence-corrected chi connectivity index (χ3v) is 5.68. The molecule has 0 aromatic rings. The quantitative estimate of drug-likeness (QED) is 0.253. The van der Waals surface area contributed by atoms with Crippen LogP contribution in [-0.2, 0) is 4.79 Å². The first-order valence-corrected chi connectivity index (χ1v) is 10.1. The van der Waals surface area contributed by atoms with E-state index in [1.54, 1.807) is 14.0 Å². The largest absolute Gasteiger partial charge is 0.356 e. The summed E-state index contributed by atoms with van der Waals surface area (Å²) in [5.74, 6) is 1.58. The van der Waals surface area contributed by atoms with Gasteiger partial charge in [0.1, 0.15) is 5.54 Å². The fourth-order valence-corrected chi connectivity index (χ4v) is 3.75. The van der Waals surface area contributed by atoms with E-state index in [-0.39, 0.29) is 11.9 Å². The van der Waals surface area contributed by atoms with Gasteiger partial charge >= 0.3 is 6.03 Å². The lowest BCUT2D eigenvalue weighted by atomic mass is 9.99. The van der Waals surface area contributed by atoms with Crippen LogP contribution >= 0.6 is 0 Å². The number of nitrogens with one attached hydrogen (secondary N) is 3. The van der Waals surface area contributed by atoms with Crippen molar-refractivity contribution in [2.45, 2.75) is 70.8 Å². The lowest BCUT2D eigenvalue weighted by molar-refractivity contribution is -0.130. The summed E-state index contributed by atoms with van der Waals surface area (Å²) in [5, 5.41) is 9.38. The fraction of sp³-hybridized carbons (Fsp3) is 0.842. The van der Waals surface area contributed by atoms with Gasteiger partial charge in [0.25, 0.3) is 5.91 Å². The third kappa shape index (κ3) is 5.35. The van der Waals surface area contributed by atoms with Gasteiger partial charge in [0.15, 0.2) is 5.96 Å². The van der Waals surface area contributed by atoms with Gasteiger partial charge in [0.2, 0.25) is 0 Å². The van der Waals surface area contributed by atoms with Crippen LogP contribution in [0, 0.1) is 5.92 Å². The molecule has 26 heavy (non-hydrogen) atoms. The Morgan fingerprint density at radius 1 is 1.23 bits per heavy atom. The molecule has 7 heteroatoms. The molecular formula is C19H35N5O2. The monoisotopic (exact) mass is 365 g/mol.